The highest BCUT2D eigenvalue weighted by Crippen LogP contribution is 1.96. The molecule has 0 bridgehead atoms. The molecule has 0 saturated carbocycles. The van der Waals surface area contributed by atoms with Crippen LogP contribution in [-0.4, -0.2) is 35.0 Å². The molecular formula is C9H17N3O2. The lowest BCUT2D eigenvalue weighted by Gasteiger charge is -2.19. The smallest absolute Gasteiger partial charge is 0.323 e. The Morgan fingerprint density at radius 2 is 2.29 bits per heavy atom. The predicted octanol–water partition coefficient (Wildman–Crippen LogP) is 0.623. The molecule has 0 aromatic rings. The van der Waals surface area contributed by atoms with Crippen LogP contribution in [0.3, 0.4) is 0 Å². The quantitative estimate of drug-likeness (QED) is 0.253. The molecule has 0 aromatic carbocycles. The number of hydrogen-bond acceptors (Lipinski definition) is 2. The van der Waals surface area contributed by atoms with Gasteiger partial charge in [-0.15, -0.1) is 0 Å². The second-order valence-corrected chi connectivity index (χ2v) is 2.91. The zero-order chi connectivity index (χ0) is 11.0. The number of unbranched alkanes of at least 4 members (excludes halogenated alkanes) is 1. The summed E-state index contributed by atoms with van der Waals surface area (Å²) in [7, 11) is 0. The first-order chi connectivity index (χ1) is 6.57. The molecule has 0 spiro atoms. The maximum atomic E-state index is 10.4. The van der Waals surface area contributed by atoms with Crippen LogP contribution >= 0.6 is 0 Å². The zero-order valence-corrected chi connectivity index (χ0v) is 8.36. The largest absolute Gasteiger partial charge is 0.480 e. The van der Waals surface area contributed by atoms with Gasteiger partial charge in [0.2, 0.25) is 0 Å². The number of nitrogens with one attached hydrogen (secondary N) is 1. The third-order valence-corrected chi connectivity index (χ3v) is 1.70. The number of carboxylic acids is 1. The van der Waals surface area contributed by atoms with Crippen molar-refractivity contribution in [2.24, 2.45) is 5.73 Å². The summed E-state index contributed by atoms with van der Waals surface area (Å²) in [5.41, 5.74) is 5.23. The minimum atomic E-state index is -0.966. The summed E-state index contributed by atoms with van der Waals surface area (Å²) in [6.07, 6.45) is 5.62. The van der Waals surface area contributed by atoms with Crippen LogP contribution in [0.25, 0.3) is 0 Å². The van der Waals surface area contributed by atoms with E-state index in [1.807, 2.05) is 19.1 Å². The number of carbonyl (C=O) groups is 1. The first-order valence-electron chi connectivity index (χ1n) is 4.49. The Balaban J connectivity index is 3.85. The molecule has 0 saturated heterocycles. The first-order valence-corrected chi connectivity index (χ1v) is 4.49. The van der Waals surface area contributed by atoms with Crippen LogP contribution in [0.4, 0.5) is 0 Å². The fourth-order valence-electron chi connectivity index (χ4n) is 1.01. The molecule has 0 fully saturated rings. The predicted molar refractivity (Wildman–Crippen MR) is 55.2 cm³/mol. The normalized spacial score (nSPS) is 10.4. The highest BCUT2D eigenvalue weighted by Gasteiger charge is 2.09. The molecule has 5 nitrogen and oxygen atoms in total. The lowest BCUT2D eigenvalue weighted by atomic mass is 10.3. The van der Waals surface area contributed by atoms with Gasteiger partial charge in [0.15, 0.2) is 5.96 Å². The second kappa shape index (κ2) is 6.94. The van der Waals surface area contributed by atoms with Crippen molar-refractivity contribution in [2.45, 2.75) is 19.8 Å². The van der Waals surface area contributed by atoms with Crippen LogP contribution in [-0.2, 0) is 4.79 Å². The summed E-state index contributed by atoms with van der Waals surface area (Å²) >= 11 is 0. The standard InChI is InChI=1S/C9H17N3O2/c1-2-3-4-5-6-12(9(10)11)7-8(13)14/h2-3H,4-7H2,1H3,(H3,10,11)(H,13,14)/b3-2+. The Kier molecular flexibility index (Phi) is 6.19. The van der Waals surface area contributed by atoms with Crippen LogP contribution < -0.4 is 5.73 Å². The number of carboxylic acid groups (broad SMARTS) is 1. The molecule has 0 radical (unpaired) electrons. The van der Waals surface area contributed by atoms with E-state index in [2.05, 4.69) is 0 Å². The molecule has 80 valence electrons. The van der Waals surface area contributed by atoms with Crippen LogP contribution in [0.2, 0.25) is 0 Å². The third kappa shape index (κ3) is 6.05. The maximum absolute atomic E-state index is 10.4. The van der Waals surface area contributed by atoms with E-state index in [1.165, 1.54) is 4.90 Å². The van der Waals surface area contributed by atoms with Crippen molar-refractivity contribution in [3.8, 4) is 0 Å². The zero-order valence-electron chi connectivity index (χ0n) is 8.36. The van der Waals surface area contributed by atoms with Crippen LogP contribution in [0, 0.1) is 5.41 Å². The van der Waals surface area contributed by atoms with Crippen molar-refractivity contribution in [3.05, 3.63) is 12.2 Å². The van der Waals surface area contributed by atoms with Crippen molar-refractivity contribution in [1.82, 2.24) is 4.90 Å². The van der Waals surface area contributed by atoms with E-state index >= 15 is 0 Å². The molecule has 4 N–H and O–H groups in total. The lowest BCUT2D eigenvalue weighted by molar-refractivity contribution is -0.137. The lowest BCUT2D eigenvalue weighted by Crippen LogP contribution is -2.40. The summed E-state index contributed by atoms with van der Waals surface area (Å²) in [5, 5.41) is 15.7. The van der Waals surface area contributed by atoms with Gasteiger partial charge in [-0.25, -0.2) is 0 Å². The Bertz CT molecular complexity index is 226. The second-order valence-electron chi connectivity index (χ2n) is 2.91. The monoisotopic (exact) mass is 199 g/mol. The van der Waals surface area contributed by atoms with E-state index in [1.54, 1.807) is 0 Å². The number of nitrogens with zero attached hydrogens (tertiary/aromatic N) is 1. The van der Waals surface area contributed by atoms with Gasteiger partial charge in [0.25, 0.3) is 0 Å². The molecule has 0 amide bonds. The number of rotatable bonds is 6. The van der Waals surface area contributed by atoms with Crippen molar-refractivity contribution in [3.63, 3.8) is 0 Å². The van der Waals surface area contributed by atoms with E-state index in [4.69, 9.17) is 16.2 Å². The van der Waals surface area contributed by atoms with E-state index in [-0.39, 0.29) is 12.5 Å². The van der Waals surface area contributed by atoms with E-state index in [0.717, 1.165) is 12.8 Å². The summed E-state index contributed by atoms with van der Waals surface area (Å²) in [5.74, 6) is -1.15. The topological polar surface area (TPSA) is 90.4 Å². The molecule has 0 aliphatic heterocycles. The molecule has 0 aliphatic rings. The Morgan fingerprint density at radius 3 is 2.71 bits per heavy atom. The Labute approximate surface area is 83.7 Å². The van der Waals surface area contributed by atoms with Gasteiger partial charge in [0.1, 0.15) is 6.54 Å². The third-order valence-electron chi connectivity index (χ3n) is 1.70. The van der Waals surface area contributed by atoms with Gasteiger partial charge in [-0.3, -0.25) is 10.2 Å². The van der Waals surface area contributed by atoms with Crippen molar-refractivity contribution >= 4 is 11.9 Å². The maximum Gasteiger partial charge on any atom is 0.323 e. The van der Waals surface area contributed by atoms with E-state index in [0.29, 0.717) is 6.54 Å². The molecule has 0 aliphatic carbocycles. The number of allylic oxidation sites excluding steroid dienone is 2. The molecule has 0 aromatic heterocycles. The molecule has 0 unspecified atom stereocenters. The number of hydrogen-bond donors (Lipinski definition) is 3. The van der Waals surface area contributed by atoms with Gasteiger partial charge in [-0.2, -0.15) is 0 Å². The van der Waals surface area contributed by atoms with Gasteiger partial charge in [0, 0.05) is 6.54 Å². The molecule has 5 heteroatoms. The molecule has 0 atom stereocenters. The summed E-state index contributed by atoms with van der Waals surface area (Å²) < 4.78 is 0. The Hall–Kier alpha value is -1.52. The van der Waals surface area contributed by atoms with Gasteiger partial charge < -0.3 is 15.7 Å². The average Bonchev–Trinajstić information content (AvgIpc) is 2.09. The van der Waals surface area contributed by atoms with E-state index < -0.39 is 5.97 Å². The SMILES string of the molecule is C/C=C/CCCN(CC(=O)O)C(=N)N. The summed E-state index contributed by atoms with van der Waals surface area (Å²) in [4.78, 5) is 11.7. The summed E-state index contributed by atoms with van der Waals surface area (Å²) in [6, 6.07) is 0. The first kappa shape index (κ1) is 12.5. The number of guanidine groups is 1. The minimum absolute atomic E-state index is 0.187. The minimum Gasteiger partial charge on any atom is -0.480 e. The van der Waals surface area contributed by atoms with Crippen LogP contribution in [0.15, 0.2) is 12.2 Å². The number of nitrogens with two attached hydrogens (primary N) is 1. The molecule has 0 heterocycles. The Morgan fingerprint density at radius 1 is 1.64 bits per heavy atom. The summed E-state index contributed by atoms with van der Waals surface area (Å²) in [6.45, 7) is 2.23. The number of aliphatic carboxylic acids is 1. The van der Waals surface area contributed by atoms with Gasteiger partial charge in [-0.1, -0.05) is 12.2 Å². The molecule has 0 rings (SSSR count). The van der Waals surface area contributed by atoms with E-state index in [9.17, 15) is 4.79 Å². The molecule has 14 heavy (non-hydrogen) atoms. The van der Waals surface area contributed by atoms with Gasteiger partial charge >= 0.3 is 5.97 Å². The highest BCUT2D eigenvalue weighted by atomic mass is 16.4. The van der Waals surface area contributed by atoms with Crippen molar-refractivity contribution in [2.75, 3.05) is 13.1 Å². The van der Waals surface area contributed by atoms with Crippen LogP contribution in [0.5, 0.6) is 0 Å². The van der Waals surface area contributed by atoms with Gasteiger partial charge in [0.05, 0.1) is 0 Å². The fourth-order valence-corrected chi connectivity index (χ4v) is 1.01. The van der Waals surface area contributed by atoms with Crippen molar-refractivity contribution < 1.29 is 9.90 Å². The van der Waals surface area contributed by atoms with Crippen molar-refractivity contribution in [1.29, 1.82) is 5.41 Å². The molecular weight excluding hydrogens is 182 g/mol. The van der Waals surface area contributed by atoms with Crippen LogP contribution in [0.1, 0.15) is 19.8 Å². The highest BCUT2D eigenvalue weighted by molar-refractivity contribution is 5.80. The fraction of sp³-hybridized carbons (Fsp3) is 0.556. The average molecular weight is 199 g/mol. The van der Waals surface area contributed by atoms with Gasteiger partial charge in [-0.05, 0) is 19.8 Å².